The molecule has 9 nitrogen and oxygen atoms in total. The number of benzene rings is 3. The fourth-order valence-electron chi connectivity index (χ4n) is 6.54. The molecule has 0 saturated carbocycles. The number of anilines is 1. The van der Waals surface area contributed by atoms with Crippen LogP contribution in [0.1, 0.15) is 87.0 Å². The lowest BCUT2D eigenvalue weighted by Gasteiger charge is -2.45. The van der Waals surface area contributed by atoms with Crippen LogP contribution in [0.2, 0.25) is 5.02 Å². The van der Waals surface area contributed by atoms with Gasteiger partial charge in [-0.1, -0.05) is 73.5 Å². The quantitative estimate of drug-likeness (QED) is 0.158. The highest BCUT2D eigenvalue weighted by molar-refractivity contribution is 6.30. The number of hydrogen-bond acceptors (Lipinski definition) is 7. The molecular weight excluding hydrogens is 630 g/mol. The van der Waals surface area contributed by atoms with Crippen molar-refractivity contribution in [1.29, 1.82) is 0 Å². The maximum Gasteiger partial charge on any atom is 0.224 e. The lowest BCUT2D eigenvalue weighted by molar-refractivity contribution is -0.277. The van der Waals surface area contributed by atoms with Crippen LogP contribution < -0.4 is 10.6 Å². The molecule has 0 radical (unpaired) electrons. The number of nitrogens with one attached hydrogen (secondary N) is 2. The van der Waals surface area contributed by atoms with Gasteiger partial charge >= 0.3 is 0 Å². The zero-order chi connectivity index (χ0) is 34.1. The lowest BCUT2D eigenvalue weighted by atomic mass is 9.84. The Kier molecular flexibility index (Phi) is 12.7. The number of hydrogen-bond donors (Lipinski definition) is 4. The molecule has 10 heteroatoms. The number of halogens is 1. The van der Waals surface area contributed by atoms with E-state index in [9.17, 15) is 19.8 Å². The lowest BCUT2D eigenvalue weighted by Crippen LogP contribution is -2.49. The summed E-state index contributed by atoms with van der Waals surface area (Å²) in [7, 11) is 0. The van der Waals surface area contributed by atoms with Crippen LogP contribution in [0.15, 0.2) is 72.8 Å². The molecule has 0 spiro atoms. The van der Waals surface area contributed by atoms with Gasteiger partial charge < -0.3 is 35.2 Å². The van der Waals surface area contributed by atoms with Crippen molar-refractivity contribution in [2.24, 2.45) is 5.92 Å². The average Bonchev–Trinajstić information content (AvgIpc) is 3.09. The minimum atomic E-state index is -0.881. The predicted octanol–water partition coefficient (Wildman–Crippen LogP) is 6.24. The molecule has 3 aromatic carbocycles. The van der Waals surface area contributed by atoms with E-state index in [1.54, 1.807) is 0 Å². The highest BCUT2D eigenvalue weighted by Gasteiger charge is 2.41. The molecular formula is C38H48ClN3O6. The zero-order valence-corrected chi connectivity index (χ0v) is 28.6. The molecule has 2 aliphatic rings. The third-order valence-corrected chi connectivity index (χ3v) is 9.80. The Labute approximate surface area is 288 Å². The first-order valence-corrected chi connectivity index (χ1v) is 17.4. The topological polar surface area (TPSA) is 120 Å². The molecule has 258 valence electrons. The average molecular weight is 678 g/mol. The van der Waals surface area contributed by atoms with Crippen LogP contribution in [0, 0.1) is 5.92 Å². The Balaban J connectivity index is 1.22. The number of amides is 2. The summed E-state index contributed by atoms with van der Waals surface area (Å²) < 4.78 is 13.3. The Morgan fingerprint density at radius 1 is 0.917 bits per heavy atom. The van der Waals surface area contributed by atoms with Crippen molar-refractivity contribution < 1.29 is 29.3 Å². The molecule has 0 aliphatic carbocycles. The summed E-state index contributed by atoms with van der Waals surface area (Å²) in [5.74, 6) is -0.0452. The first-order chi connectivity index (χ1) is 23.1. The van der Waals surface area contributed by atoms with Crippen molar-refractivity contribution in [2.75, 3.05) is 31.5 Å². The molecule has 2 aliphatic heterocycles. The van der Waals surface area contributed by atoms with Crippen molar-refractivity contribution in [3.8, 4) is 0 Å². The van der Waals surface area contributed by atoms with Crippen molar-refractivity contribution in [2.45, 2.75) is 83.1 Å². The molecule has 2 amide bonds. The molecule has 0 bridgehead atoms. The number of likely N-dealkylation sites (tertiary alicyclic amines) is 1. The molecule has 48 heavy (non-hydrogen) atoms. The van der Waals surface area contributed by atoms with E-state index >= 15 is 0 Å². The number of carbonyl (C=O) groups excluding carboxylic acids is 2. The number of piperidine rings is 1. The van der Waals surface area contributed by atoms with E-state index in [1.165, 1.54) is 6.92 Å². The van der Waals surface area contributed by atoms with Gasteiger partial charge in [-0.15, -0.1) is 0 Å². The van der Waals surface area contributed by atoms with Gasteiger partial charge in [-0.3, -0.25) is 9.59 Å². The van der Waals surface area contributed by atoms with Gasteiger partial charge in [0.05, 0.1) is 24.4 Å². The van der Waals surface area contributed by atoms with E-state index in [1.807, 2.05) is 72.8 Å². The molecule has 2 fully saturated rings. The van der Waals surface area contributed by atoms with Crippen LogP contribution in [0.4, 0.5) is 5.69 Å². The van der Waals surface area contributed by atoms with E-state index in [2.05, 4.69) is 22.5 Å². The van der Waals surface area contributed by atoms with E-state index in [0.717, 1.165) is 54.6 Å². The molecule has 2 heterocycles. The summed E-state index contributed by atoms with van der Waals surface area (Å²) in [6.07, 6.45) is 3.13. The fourth-order valence-corrected chi connectivity index (χ4v) is 6.66. The zero-order valence-electron chi connectivity index (χ0n) is 27.9. The number of aliphatic hydroxyl groups excluding tert-OH is 1. The van der Waals surface area contributed by atoms with Gasteiger partial charge in [0, 0.05) is 61.7 Å². The summed E-state index contributed by atoms with van der Waals surface area (Å²) in [4.78, 5) is 25.9. The van der Waals surface area contributed by atoms with E-state index in [-0.39, 0.29) is 36.5 Å². The van der Waals surface area contributed by atoms with E-state index in [4.69, 9.17) is 21.1 Å². The Hall–Kier alpha value is -3.31. The van der Waals surface area contributed by atoms with Crippen LogP contribution in [0.25, 0.3) is 0 Å². The van der Waals surface area contributed by atoms with Gasteiger partial charge in [0.1, 0.15) is 0 Å². The van der Waals surface area contributed by atoms with E-state index in [0.29, 0.717) is 43.1 Å². The molecule has 3 aromatic rings. The van der Waals surface area contributed by atoms with Gasteiger partial charge in [-0.25, -0.2) is 0 Å². The molecule has 2 saturated heterocycles. The van der Waals surface area contributed by atoms with Gasteiger partial charge in [0.25, 0.3) is 0 Å². The van der Waals surface area contributed by atoms with Crippen molar-refractivity contribution >= 4 is 29.1 Å². The maximum atomic E-state index is 12.5. The predicted molar refractivity (Wildman–Crippen MR) is 186 cm³/mol. The molecule has 0 aromatic heterocycles. The third-order valence-electron chi connectivity index (χ3n) is 9.55. The number of aliphatic hydroxyl groups is 2. The van der Waals surface area contributed by atoms with Crippen molar-refractivity contribution in [3.63, 3.8) is 0 Å². The van der Waals surface area contributed by atoms with Gasteiger partial charge in [-0.2, -0.15) is 0 Å². The van der Waals surface area contributed by atoms with Crippen molar-refractivity contribution in [1.82, 2.24) is 10.2 Å². The van der Waals surface area contributed by atoms with Crippen molar-refractivity contribution in [3.05, 3.63) is 100 Å². The smallest absolute Gasteiger partial charge is 0.224 e. The summed E-state index contributed by atoms with van der Waals surface area (Å²) in [5, 5.41) is 27.4. The number of unbranched alkanes of at least 4 members (excludes halogenated alkanes) is 2. The summed E-state index contributed by atoms with van der Waals surface area (Å²) in [6.45, 7) is 6.42. The standard InChI is InChI=1S/C38H48ClN3O6/c1-26-34(24-42-22-19-38(46,20-23-42)31-13-15-32(39)16-14-31)47-37(48-36(26)29-9-7-28(25-43)8-10-29)30-11-17-33(18-12-30)41-35(45)6-4-3-5-21-40-27(2)44/h7-18,26,34,36-37,43,46H,3-6,19-25H2,1-2H3,(H,40,44)(H,41,45)/t26-,34+,36+,37+/m1/s1. The number of rotatable bonds is 13. The van der Waals surface area contributed by atoms with Gasteiger partial charge in [0.2, 0.25) is 11.8 Å². The second-order valence-electron chi connectivity index (χ2n) is 13.1. The summed E-state index contributed by atoms with van der Waals surface area (Å²) >= 11 is 6.08. The minimum absolute atomic E-state index is 0.0193. The number of nitrogens with zero attached hydrogens (tertiary/aromatic N) is 1. The summed E-state index contributed by atoms with van der Waals surface area (Å²) in [5.41, 5.74) is 3.45. The largest absolute Gasteiger partial charge is 0.392 e. The second-order valence-corrected chi connectivity index (χ2v) is 13.6. The molecule has 4 N–H and O–H groups in total. The fraction of sp³-hybridized carbons (Fsp3) is 0.474. The third kappa shape index (κ3) is 9.65. The molecule has 4 atom stereocenters. The Morgan fingerprint density at radius 3 is 2.23 bits per heavy atom. The highest BCUT2D eigenvalue weighted by Crippen LogP contribution is 2.43. The van der Waals surface area contributed by atoms with Gasteiger partial charge in [-0.05, 0) is 66.6 Å². The minimum Gasteiger partial charge on any atom is -0.392 e. The molecule has 5 rings (SSSR count). The normalized spacial score (nSPS) is 22.6. The van der Waals surface area contributed by atoms with Crippen LogP contribution in [0.3, 0.4) is 0 Å². The Morgan fingerprint density at radius 2 is 1.58 bits per heavy atom. The number of carbonyl (C=O) groups is 2. The van der Waals surface area contributed by atoms with E-state index < -0.39 is 11.9 Å². The number of ether oxygens (including phenoxy) is 2. The van der Waals surface area contributed by atoms with Crippen LogP contribution >= 0.6 is 11.6 Å². The first-order valence-electron chi connectivity index (χ1n) is 17.0. The SMILES string of the molecule is CC(=O)NCCCCCC(=O)Nc1ccc([C@H]2O[C@@H](CN3CCC(O)(c4ccc(Cl)cc4)CC3)[C@@H](C)[C@@H](c3ccc(CO)cc3)O2)cc1. The monoisotopic (exact) mass is 677 g/mol. The summed E-state index contributed by atoms with van der Waals surface area (Å²) in [6, 6.07) is 23.0. The first kappa shape index (κ1) is 36.0. The maximum absolute atomic E-state index is 12.5. The van der Waals surface area contributed by atoms with Crippen LogP contribution in [-0.2, 0) is 31.3 Å². The highest BCUT2D eigenvalue weighted by atomic mass is 35.5. The van der Waals surface area contributed by atoms with Gasteiger partial charge in [0.15, 0.2) is 6.29 Å². The molecule has 0 unspecified atom stereocenters. The Bertz CT molecular complexity index is 1480. The second kappa shape index (κ2) is 16.9. The van der Waals surface area contributed by atoms with Crippen LogP contribution in [0.5, 0.6) is 0 Å². The van der Waals surface area contributed by atoms with Crippen LogP contribution in [-0.4, -0.2) is 59.2 Å².